The first kappa shape index (κ1) is 13.0. The van der Waals surface area contributed by atoms with Crippen LogP contribution in [0.1, 0.15) is 67.7 Å². The van der Waals surface area contributed by atoms with Crippen LogP contribution < -0.4 is 5.32 Å². The predicted octanol–water partition coefficient (Wildman–Crippen LogP) is 3.98. The molecule has 0 spiro atoms. The van der Waals surface area contributed by atoms with Crippen LogP contribution in [0.3, 0.4) is 0 Å². The van der Waals surface area contributed by atoms with E-state index < -0.39 is 0 Å². The Labute approximate surface area is 96.0 Å². The van der Waals surface area contributed by atoms with Gasteiger partial charge >= 0.3 is 0 Å². The fourth-order valence-electron chi connectivity index (χ4n) is 3.54. The summed E-state index contributed by atoms with van der Waals surface area (Å²) < 4.78 is 0. The Hall–Kier alpha value is -0.0400. The zero-order valence-electron chi connectivity index (χ0n) is 11.7. The molecular formula is C14H29N. The Morgan fingerprint density at radius 1 is 1.00 bits per heavy atom. The lowest BCUT2D eigenvalue weighted by Gasteiger charge is -2.47. The highest BCUT2D eigenvalue weighted by atomic mass is 15.0. The molecule has 1 nitrogen and oxygen atoms in total. The molecule has 0 atom stereocenters. The Morgan fingerprint density at radius 2 is 1.40 bits per heavy atom. The van der Waals surface area contributed by atoms with Crippen LogP contribution in [-0.2, 0) is 0 Å². The summed E-state index contributed by atoms with van der Waals surface area (Å²) >= 11 is 0. The zero-order chi connectivity index (χ0) is 11.9. The molecular weight excluding hydrogens is 182 g/mol. The van der Waals surface area contributed by atoms with Gasteiger partial charge in [0.05, 0.1) is 0 Å². The first-order valence-electron chi connectivity index (χ1n) is 6.29. The number of piperidine rings is 1. The number of nitrogens with one attached hydrogen (secondary N) is 1. The fraction of sp³-hybridized carbons (Fsp3) is 1.00. The largest absolute Gasteiger partial charge is 0.307 e. The van der Waals surface area contributed by atoms with Crippen molar-refractivity contribution in [2.45, 2.75) is 78.8 Å². The van der Waals surface area contributed by atoms with Gasteiger partial charge in [-0.3, -0.25) is 0 Å². The van der Waals surface area contributed by atoms with E-state index in [2.05, 4.69) is 53.8 Å². The molecule has 1 heterocycles. The van der Waals surface area contributed by atoms with Crippen LogP contribution in [0.5, 0.6) is 0 Å². The van der Waals surface area contributed by atoms with E-state index in [1.54, 1.807) is 0 Å². The highest BCUT2D eigenvalue weighted by Crippen LogP contribution is 2.38. The van der Waals surface area contributed by atoms with Gasteiger partial charge in [0.1, 0.15) is 0 Å². The molecule has 0 amide bonds. The van der Waals surface area contributed by atoms with Crippen LogP contribution in [0.2, 0.25) is 0 Å². The molecule has 1 rings (SSSR count). The van der Waals surface area contributed by atoms with Crippen LogP contribution in [0, 0.1) is 11.3 Å². The van der Waals surface area contributed by atoms with Crippen LogP contribution in [0.15, 0.2) is 0 Å². The molecule has 0 radical (unpaired) electrons. The summed E-state index contributed by atoms with van der Waals surface area (Å²) in [7, 11) is 0. The third-order valence-corrected chi connectivity index (χ3v) is 3.18. The lowest BCUT2D eigenvalue weighted by Crippen LogP contribution is -2.58. The molecule has 0 bridgehead atoms. The van der Waals surface area contributed by atoms with E-state index in [1.807, 2.05) is 0 Å². The molecule has 1 aliphatic heterocycles. The molecule has 1 fully saturated rings. The lowest BCUT2D eigenvalue weighted by molar-refractivity contribution is 0.102. The highest BCUT2D eigenvalue weighted by molar-refractivity contribution is 4.97. The lowest BCUT2D eigenvalue weighted by atomic mass is 9.70. The number of hydrogen-bond acceptors (Lipinski definition) is 1. The van der Waals surface area contributed by atoms with Gasteiger partial charge < -0.3 is 5.32 Å². The second-order valence-electron chi connectivity index (χ2n) is 7.93. The van der Waals surface area contributed by atoms with Crippen molar-refractivity contribution in [2.75, 3.05) is 0 Å². The Morgan fingerprint density at radius 3 is 1.73 bits per heavy atom. The Kier molecular flexibility index (Phi) is 3.27. The Balaban J connectivity index is 2.68. The minimum Gasteiger partial charge on any atom is -0.307 e. The van der Waals surface area contributed by atoms with Crippen molar-refractivity contribution in [3.05, 3.63) is 0 Å². The van der Waals surface area contributed by atoms with Crippen molar-refractivity contribution in [3.63, 3.8) is 0 Å². The normalized spacial score (nSPS) is 26.6. The van der Waals surface area contributed by atoms with Gasteiger partial charge in [-0.25, -0.2) is 0 Å². The summed E-state index contributed by atoms with van der Waals surface area (Å²) in [6, 6.07) is 0. The van der Waals surface area contributed by atoms with Crippen molar-refractivity contribution in [3.8, 4) is 0 Å². The van der Waals surface area contributed by atoms with Crippen molar-refractivity contribution in [1.82, 2.24) is 5.32 Å². The van der Waals surface area contributed by atoms with Crippen molar-refractivity contribution >= 4 is 0 Å². The van der Waals surface area contributed by atoms with Gasteiger partial charge in [-0.05, 0) is 58.3 Å². The maximum atomic E-state index is 3.75. The fourth-order valence-corrected chi connectivity index (χ4v) is 3.54. The molecule has 1 N–H and O–H groups in total. The third kappa shape index (κ3) is 4.55. The van der Waals surface area contributed by atoms with E-state index in [-0.39, 0.29) is 0 Å². The molecule has 0 aromatic carbocycles. The second-order valence-corrected chi connectivity index (χ2v) is 7.93. The molecule has 0 aromatic rings. The maximum absolute atomic E-state index is 3.75. The van der Waals surface area contributed by atoms with Gasteiger partial charge in [-0.1, -0.05) is 20.8 Å². The summed E-state index contributed by atoms with van der Waals surface area (Å²) in [5, 5.41) is 3.75. The monoisotopic (exact) mass is 211 g/mol. The molecule has 1 saturated heterocycles. The van der Waals surface area contributed by atoms with E-state index in [4.69, 9.17) is 0 Å². The maximum Gasteiger partial charge on any atom is 0.0132 e. The van der Waals surface area contributed by atoms with Crippen molar-refractivity contribution < 1.29 is 0 Å². The van der Waals surface area contributed by atoms with Gasteiger partial charge in [-0.2, -0.15) is 0 Å². The van der Waals surface area contributed by atoms with E-state index in [0.29, 0.717) is 16.5 Å². The highest BCUT2D eigenvalue weighted by Gasteiger charge is 2.38. The van der Waals surface area contributed by atoms with Crippen LogP contribution in [0.4, 0.5) is 0 Å². The predicted molar refractivity (Wildman–Crippen MR) is 68.1 cm³/mol. The molecule has 0 saturated carbocycles. The first-order chi connectivity index (χ1) is 6.49. The summed E-state index contributed by atoms with van der Waals surface area (Å²) in [4.78, 5) is 0. The van der Waals surface area contributed by atoms with Crippen LogP contribution in [0.25, 0.3) is 0 Å². The topological polar surface area (TPSA) is 12.0 Å². The van der Waals surface area contributed by atoms with Crippen molar-refractivity contribution in [2.24, 2.45) is 11.3 Å². The number of rotatable bonds is 1. The van der Waals surface area contributed by atoms with E-state index in [1.165, 1.54) is 19.3 Å². The van der Waals surface area contributed by atoms with Gasteiger partial charge in [0.2, 0.25) is 0 Å². The number of hydrogen-bond donors (Lipinski definition) is 1. The van der Waals surface area contributed by atoms with Gasteiger partial charge in [0.15, 0.2) is 0 Å². The van der Waals surface area contributed by atoms with E-state index in [9.17, 15) is 0 Å². The standard InChI is InChI=1S/C14H29N/c1-12(2,3)8-11-9-13(4,5)15-14(6,7)10-11/h11,15H,8-10H2,1-7H3. The molecule has 15 heavy (non-hydrogen) atoms. The average molecular weight is 211 g/mol. The van der Waals surface area contributed by atoms with Gasteiger partial charge in [-0.15, -0.1) is 0 Å². The van der Waals surface area contributed by atoms with Crippen molar-refractivity contribution in [1.29, 1.82) is 0 Å². The van der Waals surface area contributed by atoms with Gasteiger partial charge in [0.25, 0.3) is 0 Å². The third-order valence-electron chi connectivity index (χ3n) is 3.18. The zero-order valence-corrected chi connectivity index (χ0v) is 11.7. The molecule has 90 valence electrons. The minimum atomic E-state index is 0.303. The smallest absolute Gasteiger partial charge is 0.0132 e. The SMILES string of the molecule is CC(C)(C)CC1CC(C)(C)NC(C)(C)C1. The molecule has 1 aliphatic rings. The second kappa shape index (κ2) is 3.76. The molecule has 0 aliphatic carbocycles. The summed E-state index contributed by atoms with van der Waals surface area (Å²) in [5.74, 6) is 0.872. The summed E-state index contributed by atoms with van der Waals surface area (Å²) in [6.45, 7) is 16.4. The molecule has 0 aromatic heterocycles. The average Bonchev–Trinajstić information content (AvgIpc) is 1.70. The minimum absolute atomic E-state index is 0.303. The van der Waals surface area contributed by atoms with Crippen LogP contribution >= 0.6 is 0 Å². The molecule has 0 unspecified atom stereocenters. The first-order valence-corrected chi connectivity index (χ1v) is 6.29. The van der Waals surface area contributed by atoms with Gasteiger partial charge in [0, 0.05) is 11.1 Å². The Bertz CT molecular complexity index is 201. The van der Waals surface area contributed by atoms with E-state index >= 15 is 0 Å². The molecule has 1 heteroatoms. The summed E-state index contributed by atoms with van der Waals surface area (Å²) in [5.41, 5.74) is 1.07. The van der Waals surface area contributed by atoms with Crippen LogP contribution in [-0.4, -0.2) is 11.1 Å². The quantitative estimate of drug-likeness (QED) is 0.692. The summed E-state index contributed by atoms with van der Waals surface area (Å²) in [6.07, 6.45) is 3.98. The van der Waals surface area contributed by atoms with E-state index in [0.717, 1.165) is 5.92 Å².